The number of amides is 2. The molecular weight excluding hydrogens is 332 g/mol. The highest BCUT2D eigenvalue weighted by molar-refractivity contribution is 6.04. The first kappa shape index (κ1) is 18.1. The summed E-state index contributed by atoms with van der Waals surface area (Å²) < 4.78 is 5.19. The largest absolute Gasteiger partial charge is 0.361 e. The normalized spacial score (nSPS) is 17.0. The van der Waals surface area contributed by atoms with Crippen LogP contribution in [0.15, 0.2) is 28.8 Å². The molecule has 26 heavy (non-hydrogen) atoms. The first-order valence-electron chi connectivity index (χ1n) is 8.68. The molecule has 0 bridgehead atoms. The van der Waals surface area contributed by atoms with E-state index in [4.69, 9.17) is 4.52 Å². The van der Waals surface area contributed by atoms with Gasteiger partial charge in [-0.1, -0.05) is 17.3 Å². The number of hydrogen-bond donors (Lipinski definition) is 1. The first-order valence-corrected chi connectivity index (χ1v) is 8.68. The molecule has 1 aliphatic rings. The molecule has 0 radical (unpaired) electrons. The lowest BCUT2D eigenvalue weighted by molar-refractivity contribution is -0.120. The molecule has 1 aromatic heterocycles. The van der Waals surface area contributed by atoms with Crippen molar-refractivity contribution in [3.8, 4) is 0 Å². The lowest BCUT2D eigenvalue weighted by Crippen LogP contribution is -2.44. The monoisotopic (exact) mass is 356 g/mol. The second-order valence-corrected chi connectivity index (χ2v) is 6.86. The number of rotatable bonds is 4. The average molecular weight is 356 g/mol. The zero-order chi connectivity index (χ0) is 18.8. The maximum absolute atomic E-state index is 13.0. The third kappa shape index (κ3) is 3.62. The molecule has 0 fully saturated rings. The topological polar surface area (TPSA) is 78.7 Å². The molecule has 2 amide bonds. The van der Waals surface area contributed by atoms with Gasteiger partial charge in [-0.05, 0) is 40.0 Å². The van der Waals surface area contributed by atoms with Crippen LogP contribution in [0.4, 0.5) is 11.4 Å². The Kier molecular flexibility index (Phi) is 5.08. The summed E-state index contributed by atoms with van der Waals surface area (Å²) >= 11 is 0. The summed E-state index contributed by atoms with van der Waals surface area (Å²) in [6.45, 7) is 6.47. The van der Waals surface area contributed by atoms with Crippen LogP contribution in [0.5, 0.6) is 0 Å². The minimum atomic E-state index is -0.210. The molecule has 138 valence electrons. The van der Waals surface area contributed by atoms with E-state index in [2.05, 4.69) is 10.5 Å². The van der Waals surface area contributed by atoms with E-state index in [0.717, 1.165) is 22.7 Å². The fourth-order valence-electron chi connectivity index (χ4n) is 3.33. The van der Waals surface area contributed by atoms with E-state index in [9.17, 15) is 9.59 Å². The molecule has 0 aliphatic carbocycles. The summed E-state index contributed by atoms with van der Waals surface area (Å²) in [5.41, 5.74) is 3.25. The van der Waals surface area contributed by atoms with Crippen molar-refractivity contribution in [2.24, 2.45) is 0 Å². The molecule has 0 saturated carbocycles. The predicted octanol–water partition coefficient (Wildman–Crippen LogP) is 2.49. The van der Waals surface area contributed by atoms with Crippen LogP contribution in [0.2, 0.25) is 0 Å². The third-order valence-corrected chi connectivity index (χ3v) is 4.64. The highest BCUT2D eigenvalue weighted by Gasteiger charge is 2.30. The molecule has 3 rings (SSSR count). The number of aryl methyl sites for hydroxylation is 2. The Balaban J connectivity index is 1.79. The van der Waals surface area contributed by atoms with Gasteiger partial charge in [0, 0.05) is 24.6 Å². The fraction of sp³-hybridized carbons (Fsp3) is 0.421. The molecule has 1 aromatic carbocycles. The van der Waals surface area contributed by atoms with Gasteiger partial charge in [0.2, 0.25) is 11.8 Å². The number of nitrogens with one attached hydrogen (secondary N) is 1. The fourth-order valence-corrected chi connectivity index (χ4v) is 3.33. The summed E-state index contributed by atoms with van der Waals surface area (Å²) in [7, 11) is 1.89. The van der Waals surface area contributed by atoms with Gasteiger partial charge in [0.25, 0.3) is 0 Å². The van der Waals surface area contributed by atoms with Crippen molar-refractivity contribution in [3.05, 3.63) is 41.3 Å². The van der Waals surface area contributed by atoms with Crippen LogP contribution in [0.3, 0.4) is 0 Å². The Morgan fingerprint density at radius 3 is 2.81 bits per heavy atom. The Morgan fingerprint density at radius 2 is 2.12 bits per heavy atom. The zero-order valence-electron chi connectivity index (χ0n) is 15.6. The van der Waals surface area contributed by atoms with Crippen LogP contribution in [0, 0.1) is 13.8 Å². The van der Waals surface area contributed by atoms with Gasteiger partial charge in [-0.3, -0.25) is 14.5 Å². The molecule has 2 heterocycles. The number of hydrogen-bond acceptors (Lipinski definition) is 5. The Morgan fingerprint density at radius 1 is 1.38 bits per heavy atom. The van der Waals surface area contributed by atoms with Gasteiger partial charge < -0.3 is 14.7 Å². The number of nitrogens with zero attached hydrogens (tertiary/aromatic N) is 3. The van der Waals surface area contributed by atoms with E-state index >= 15 is 0 Å². The van der Waals surface area contributed by atoms with Crippen LogP contribution in [0.25, 0.3) is 0 Å². The second kappa shape index (κ2) is 7.29. The van der Waals surface area contributed by atoms with Gasteiger partial charge in [0.1, 0.15) is 5.76 Å². The molecule has 7 nitrogen and oxygen atoms in total. The van der Waals surface area contributed by atoms with Crippen LogP contribution in [-0.2, 0) is 16.1 Å². The first-order chi connectivity index (χ1) is 12.4. The average Bonchev–Trinajstić information content (AvgIpc) is 2.81. The van der Waals surface area contributed by atoms with Gasteiger partial charge in [-0.2, -0.15) is 0 Å². The maximum Gasteiger partial charge on any atom is 0.241 e. The standard InChI is InChI=1S/C19H24N4O3/c1-12-9-18(24)20-16-7-5-6-8-17(16)23(12)19(25)11-22(4)10-15-13(2)21-26-14(15)3/h5-8,12H,9-11H2,1-4H3,(H,20,24)/t12-/m0/s1. The summed E-state index contributed by atoms with van der Waals surface area (Å²) in [6.07, 6.45) is 0.272. The lowest BCUT2D eigenvalue weighted by Gasteiger charge is -2.29. The lowest BCUT2D eigenvalue weighted by atomic mass is 10.1. The zero-order valence-corrected chi connectivity index (χ0v) is 15.6. The van der Waals surface area contributed by atoms with Gasteiger partial charge in [0.05, 0.1) is 23.6 Å². The van der Waals surface area contributed by atoms with Crippen molar-refractivity contribution < 1.29 is 14.1 Å². The molecule has 1 N–H and O–H groups in total. The summed E-state index contributed by atoms with van der Waals surface area (Å²) in [6, 6.07) is 7.19. The molecule has 0 unspecified atom stereocenters. The van der Waals surface area contributed by atoms with Gasteiger partial charge in [0.15, 0.2) is 0 Å². The van der Waals surface area contributed by atoms with E-state index in [-0.39, 0.29) is 30.8 Å². The Hall–Kier alpha value is -2.67. The molecule has 1 aliphatic heterocycles. The number of likely N-dealkylation sites (N-methyl/N-ethyl adjacent to an activating group) is 1. The third-order valence-electron chi connectivity index (χ3n) is 4.64. The minimum absolute atomic E-state index is 0.0456. The van der Waals surface area contributed by atoms with E-state index in [1.54, 1.807) is 4.90 Å². The number of fused-ring (bicyclic) bond motifs is 1. The van der Waals surface area contributed by atoms with Crippen molar-refractivity contribution in [2.75, 3.05) is 23.8 Å². The molecular formula is C19H24N4O3. The number of benzene rings is 1. The number of anilines is 2. The SMILES string of the molecule is Cc1noc(C)c1CN(C)CC(=O)N1c2ccccc2NC(=O)C[C@@H]1C. The highest BCUT2D eigenvalue weighted by Crippen LogP contribution is 2.31. The van der Waals surface area contributed by atoms with Crippen molar-refractivity contribution in [2.45, 2.75) is 39.8 Å². The Bertz CT molecular complexity index is 810. The van der Waals surface area contributed by atoms with E-state index < -0.39 is 0 Å². The van der Waals surface area contributed by atoms with Crippen molar-refractivity contribution >= 4 is 23.2 Å². The van der Waals surface area contributed by atoms with E-state index in [1.165, 1.54) is 0 Å². The van der Waals surface area contributed by atoms with E-state index in [0.29, 0.717) is 12.2 Å². The Labute approximate surface area is 152 Å². The smallest absolute Gasteiger partial charge is 0.241 e. The summed E-state index contributed by atoms with van der Waals surface area (Å²) in [5, 5.41) is 6.83. The van der Waals surface area contributed by atoms with Crippen LogP contribution >= 0.6 is 0 Å². The van der Waals surface area contributed by atoms with E-state index in [1.807, 2.05) is 57.0 Å². The highest BCUT2D eigenvalue weighted by atomic mass is 16.5. The van der Waals surface area contributed by atoms with Crippen LogP contribution < -0.4 is 10.2 Å². The number of aromatic nitrogens is 1. The predicted molar refractivity (Wildman–Crippen MR) is 98.9 cm³/mol. The number of carbonyl (C=O) groups excluding carboxylic acids is 2. The van der Waals surface area contributed by atoms with Crippen molar-refractivity contribution in [1.82, 2.24) is 10.1 Å². The molecule has 2 aromatic rings. The maximum atomic E-state index is 13.0. The van der Waals surface area contributed by atoms with Gasteiger partial charge >= 0.3 is 0 Å². The molecule has 7 heteroatoms. The molecule has 0 spiro atoms. The van der Waals surface area contributed by atoms with Crippen LogP contribution in [-0.4, -0.2) is 41.5 Å². The second-order valence-electron chi connectivity index (χ2n) is 6.86. The summed E-state index contributed by atoms with van der Waals surface area (Å²) in [5.74, 6) is 0.644. The van der Waals surface area contributed by atoms with Crippen molar-refractivity contribution in [1.29, 1.82) is 0 Å². The number of para-hydroxylation sites is 2. The van der Waals surface area contributed by atoms with Gasteiger partial charge in [-0.15, -0.1) is 0 Å². The molecule has 1 atom stereocenters. The molecule has 0 saturated heterocycles. The summed E-state index contributed by atoms with van der Waals surface area (Å²) in [4.78, 5) is 28.8. The van der Waals surface area contributed by atoms with Crippen molar-refractivity contribution in [3.63, 3.8) is 0 Å². The minimum Gasteiger partial charge on any atom is -0.361 e. The van der Waals surface area contributed by atoms with Crippen LogP contribution in [0.1, 0.15) is 30.4 Å². The quantitative estimate of drug-likeness (QED) is 0.910. The number of carbonyl (C=O) groups is 2. The van der Waals surface area contributed by atoms with Gasteiger partial charge in [-0.25, -0.2) is 0 Å².